The third-order valence-electron chi connectivity index (χ3n) is 2.75. The lowest BCUT2D eigenvalue weighted by Gasteiger charge is -2.14. The first-order valence-corrected chi connectivity index (χ1v) is 5.65. The minimum Gasteiger partial charge on any atom is -0.497 e. The average Bonchev–Trinajstić information content (AvgIpc) is 2.35. The molecule has 1 unspecified atom stereocenters. The lowest BCUT2D eigenvalue weighted by atomic mass is 10.1. The Kier molecular flexibility index (Phi) is 5.12. The highest BCUT2D eigenvalue weighted by atomic mass is 16.5. The Bertz CT molecular complexity index is 326. The molecule has 1 rings (SSSR count). The fraction of sp³-hybridized carbons (Fsp3) is 0.538. The third-order valence-corrected chi connectivity index (χ3v) is 2.75. The van der Waals surface area contributed by atoms with Crippen LogP contribution in [0.4, 0.5) is 0 Å². The molecule has 1 N–H and O–H groups in total. The fourth-order valence-electron chi connectivity index (χ4n) is 1.43. The highest BCUT2D eigenvalue weighted by Crippen LogP contribution is 2.24. The van der Waals surface area contributed by atoms with Crippen molar-refractivity contribution in [2.45, 2.75) is 32.9 Å². The van der Waals surface area contributed by atoms with Crippen LogP contribution < -0.4 is 14.8 Å². The molecule has 0 radical (unpaired) electrons. The molecule has 0 heterocycles. The molecule has 0 amide bonds. The van der Waals surface area contributed by atoms with Crippen molar-refractivity contribution in [3.05, 3.63) is 23.8 Å². The molecule has 0 spiro atoms. The van der Waals surface area contributed by atoms with E-state index in [2.05, 4.69) is 19.2 Å². The fourth-order valence-corrected chi connectivity index (χ4v) is 1.43. The maximum absolute atomic E-state index is 5.33. The van der Waals surface area contributed by atoms with E-state index in [0.717, 1.165) is 30.0 Å². The Balaban J connectivity index is 2.71. The molecule has 1 aromatic rings. The summed E-state index contributed by atoms with van der Waals surface area (Å²) >= 11 is 0. The van der Waals surface area contributed by atoms with Gasteiger partial charge in [-0.1, -0.05) is 13.0 Å². The molecule has 0 aliphatic rings. The van der Waals surface area contributed by atoms with E-state index in [-0.39, 0.29) is 0 Å². The Morgan fingerprint density at radius 1 is 1.25 bits per heavy atom. The molecule has 90 valence electrons. The van der Waals surface area contributed by atoms with Crippen LogP contribution in [-0.2, 0) is 6.54 Å². The van der Waals surface area contributed by atoms with Gasteiger partial charge in [-0.25, -0.2) is 0 Å². The van der Waals surface area contributed by atoms with Crippen LogP contribution in [0.3, 0.4) is 0 Å². The summed E-state index contributed by atoms with van der Waals surface area (Å²) in [6.07, 6.45) is 1.12. The Morgan fingerprint density at radius 2 is 2.00 bits per heavy atom. The topological polar surface area (TPSA) is 30.5 Å². The van der Waals surface area contributed by atoms with Crippen molar-refractivity contribution in [3.8, 4) is 11.5 Å². The van der Waals surface area contributed by atoms with E-state index in [1.807, 2.05) is 18.2 Å². The highest BCUT2D eigenvalue weighted by molar-refractivity contribution is 5.40. The van der Waals surface area contributed by atoms with Gasteiger partial charge in [0, 0.05) is 24.2 Å². The van der Waals surface area contributed by atoms with Crippen molar-refractivity contribution >= 4 is 0 Å². The minimum absolute atomic E-state index is 0.520. The quantitative estimate of drug-likeness (QED) is 0.804. The number of nitrogens with one attached hydrogen (secondary N) is 1. The molecule has 0 aromatic heterocycles. The summed E-state index contributed by atoms with van der Waals surface area (Å²) in [6.45, 7) is 5.17. The van der Waals surface area contributed by atoms with E-state index in [1.54, 1.807) is 14.2 Å². The zero-order valence-electron chi connectivity index (χ0n) is 10.5. The summed E-state index contributed by atoms with van der Waals surface area (Å²) < 4.78 is 10.5. The van der Waals surface area contributed by atoms with Crippen LogP contribution in [-0.4, -0.2) is 20.3 Å². The van der Waals surface area contributed by atoms with Crippen LogP contribution in [0.1, 0.15) is 25.8 Å². The Labute approximate surface area is 97.8 Å². The number of hydrogen-bond donors (Lipinski definition) is 1. The molecule has 3 nitrogen and oxygen atoms in total. The van der Waals surface area contributed by atoms with Crippen LogP contribution >= 0.6 is 0 Å². The second kappa shape index (κ2) is 6.38. The number of methoxy groups -OCH3 is 2. The first-order chi connectivity index (χ1) is 7.71. The second-order valence-corrected chi connectivity index (χ2v) is 3.87. The predicted octanol–water partition coefficient (Wildman–Crippen LogP) is 2.59. The largest absolute Gasteiger partial charge is 0.497 e. The van der Waals surface area contributed by atoms with Crippen molar-refractivity contribution in [1.29, 1.82) is 0 Å². The SMILES string of the molecule is CCC(C)NCc1ccc(OC)cc1OC. The van der Waals surface area contributed by atoms with Gasteiger partial charge in [0.2, 0.25) is 0 Å². The Morgan fingerprint density at radius 3 is 2.56 bits per heavy atom. The molecule has 0 aliphatic carbocycles. The third kappa shape index (κ3) is 3.42. The van der Waals surface area contributed by atoms with Gasteiger partial charge in [0.05, 0.1) is 14.2 Å². The first kappa shape index (κ1) is 12.8. The van der Waals surface area contributed by atoms with Crippen molar-refractivity contribution < 1.29 is 9.47 Å². The van der Waals surface area contributed by atoms with E-state index >= 15 is 0 Å². The maximum Gasteiger partial charge on any atom is 0.127 e. The summed E-state index contributed by atoms with van der Waals surface area (Å²) in [5.74, 6) is 1.69. The van der Waals surface area contributed by atoms with E-state index in [0.29, 0.717) is 6.04 Å². The number of benzene rings is 1. The standard InChI is InChI=1S/C13H21NO2/c1-5-10(2)14-9-11-6-7-12(15-3)8-13(11)16-4/h6-8,10,14H,5,9H2,1-4H3. The summed E-state index contributed by atoms with van der Waals surface area (Å²) in [6, 6.07) is 6.42. The van der Waals surface area contributed by atoms with Crippen LogP contribution in [0.5, 0.6) is 11.5 Å². The average molecular weight is 223 g/mol. The van der Waals surface area contributed by atoms with Gasteiger partial charge in [0.1, 0.15) is 11.5 Å². The monoisotopic (exact) mass is 223 g/mol. The van der Waals surface area contributed by atoms with Crippen molar-refractivity contribution in [3.63, 3.8) is 0 Å². The zero-order chi connectivity index (χ0) is 12.0. The molecular weight excluding hydrogens is 202 g/mol. The number of hydrogen-bond acceptors (Lipinski definition) is 3. The molecule has 1 aromatic carbocycles. The Hall–Kier alpha value is -1.22. The van der Waals surface area contributed by atoms with Crippen molar-refractivity contribution in [2.24, 2.45) is 0 Å². The molecule has 0 aliphatic heterocycles. The maximum atomic E-state index is 5.33. The van der Waals surface area contributed by atoms with Crippen molar-refractivity contribution in [1.82, 2.24) is 5.32 Å². The number of ether oxygens (including phenoxy) is 2. The van der Waals surface area contributed by atoms with E-state index in [9.17, 15) is 0 Å². The predicted molar refractivity (Wildman–Crippen MR) is 66.1 cm³/mol. The molecule has 1 atom stereocenters. The van der Waals surface area contributed by atoms with Crippen LogP contribution in [0.25, 0.3) is 0 Å². The normalized spacial score (nSPS) is 12.2. The molecule has 0 saturated heterocycles. The van der Waals surface area contributed by atoms with Gasteiger partial charge < -0.3 is 14.8 Å². The molecule has 3 heteroatoms. The van der Waals surface area contributed by atoms with Gasteiger partial charge in [0.15, 0.2) is 0 Å². The smallest absolute Gasteiger partial charge is 0.127 e. The first-order valence-electron chi connectivity index (χ1n) is 5.65. The lowest BCUT2D eigenvalue weighted by molar-refractivity contribution is 0.388. The van der Waals surface area contributed by atoms with Crippen LogP contribution in [0.15, 0.2) is 18.2 Å². The molecule has 16 heavy (non-hydrogen) atoms. The van der Waals surface area contributed by atoms with Gasteiger partial charge in [-0.3, -0.25) is 0 Å². The van der Waals surface area contributed by atoms with E-state index in [4.69, 9.17) is 9.47 Å². The molecule has 0 saturated carbocycles. The lowest BCUT2D eigenvalue weighted by Crippen LogP contribution is -2.24. The van der Waals surface area contributed by atoms with Crippen LogP contribution in [0, 0.1) is 0 Å². The summed E-state index contributed by atoms with van der Waals surface area (Å²) in [5, 5.41) is 3.44. The van der Waals surface area contributed by atoms with Gasteiger partial charge in [-0.2, -0.15) is 0 Å². The highest BCUT2D eigenvalue weighted by Gasteiger charge is 2.05. The molecule has 0 fully saturated rings. The summed E-state index contributed by atoms with van der Waals surface area (Å²) in [7, 11) is 3.34. The minimum atomic E-state index is 0.520. The summed E-state index contributed by atoms with van der Waals surface area (Å²) in [4.78, 5) is 0. The molecular formula is C13H21NO2. The van der Waals surface area contributed by atoms with E-state index in [1.165, 1.54) is 0 Å². The number of rotatable bonds is 6. The van der Waals surface area contributed by atoms with E-state index < -0.39 is 0 Å². The van der Waals surface area contributed by atoms with Gasteiger partial charge >= 0.3 is 0 Å². The van der Waals surface area contributed by atoms with Gasteiger partial charge in [0.25, 0.3) is 0 Å². The second-order valence-electron chi connectivity index (χ2n) is 3.87. The van der Waals surface area contributed by atoms with Gasteiger partial charge in [-0.05, 0) is 19.4 Å². The van der Waals surface area contributed by atoms with Crippen LogP contribution in [0.2, 0.25) is 0 Å². The van der Waals surface area contributed by atoms with Crippen molar-refractivity contribution in [2.75, 3.05) is 14.2 Å². The van der Waals surface area contributed by atoms with Gasteiger partial charge in [-0.15, -0.1) is 0 Å². The zero-order valence-corrected chi connectivity index (χ0v) is 10.5. The summed E-state index contributed by atoms with van der Waals surface area (Å²) in [5.41, 5.74) is 1.16. The molecule has 0 bridgehead atoms.